The Morgan fingerprint density at radius 3 is 1.08 bits per heavy atom. The van der Waals surface area contributed by atoms with Crippen molar-refractivity contribution in [2.75, 3.05) is 93.4 Å². The first kappa shape index (κ1) is 72.3. The van der Waals surface area contributed by atoms with Crippen LogP contribution in [0.5, 0.6) is 0 Å². The first-order valence-corrected chi connectivity index (χ1v) is 37.2. The third kappa shape index (κ3) is 18.7. The number of hydrogen-bond donors (Lipinski definition) is 4. The van der Waals surface area contributed by atoms with E-state index in [1.165, 1.54) is 69.2 Å². The summed E-state index contributed by atoms with van der Waals surface area (Å²) in [7, 11) is 0. The van der Waals surface area contributed by atoms with Gasteiger partial charge in [-0.2, -0.15) is 0 Å². The van der Waals surface area contributed by atoms with Crippen LogP contribution in [-0.2, 0) is 17.6 Å². The van der Waals surface area contributed by atoms with Gasteiger partial charge < -0.3 is 49.0 Å². The van der Waals surface area contributed by atoms with Crippen LogP contribution in [0.1, 0.15) is 78.8 Å². The molecule has 0 bridgehead atoms. The summed E-state index contributed by atoms with van der Waals surface area (Å²) >= 11 is 0. The van der Waals surface area contributed by atoms with E-state index in [0.29, 0.717) is 29.8 Å². The average Bonchev–Trinajstić information content (AvgIpc) is 1.67. The minimum atomic E-state index is 0.310. The van der Waals surface area contributed by atoms with Gasteiger partial charge in [0.05, 0.1) is 81.0 Å². The summed E-state index contributed by atoms with van der Waals surface area (Å²) in [6, 6.07) is 56.5. The molecule has 3 fully saturated rings. The van der Waals surface area contributed by atoms with Crippen molar-refractivity contribution >= 4 is 23.8 Å². The van der Waals surface area contributed by atoms with Gasteiger partial charge >= 0.3 is 0 Å². The largest absolute Gasteiger partial charge is 0.379 e. The Hall–Kier alpha value is -11.7. The monoisotopic (exact) mass is 1430 g/mol. The lowest BCUT2D eigenvalue weighted by Crippen LogP contribution is -2.39. The van der Waals surface area contributed by atoms with E-state index in [9.17, 15) is 0 Å². The van der Waals surface area contributed by atoms with Crippen LogP contribution in [0, 0.1) is 33.6 Å². The number of fused-ring (bicyclic) bond motifs is 1. The van der Waals surface area contributed by atoms with Crippen LogP contribution in [0.4, 0.5) is 23.8 Å². The van der Waals surface area contributed by atoms with Gasteiger partial charge in [-0.25, -0.2) is 39.9 Å². The van der Waals surface area contributed by atoms with Crippen LogP contribution in [0.2, 0.25) is 0 Å². The molecule has 23 nitrogen and oxygen atoms in total. The van der Waals surface area contributed by atoms with E-state index in [-0.39, 0.29) is 0 Å². The highest BCUT2D eigenvalue weighted by molar-refractivity contribution is 5.83. The maximum absolute atomic E-state index is 5.62. The predicted octanol–water partition coefficient (Wildman–Crippen LogP) is 16.3. The average molecular weight is 1430 g/mol. The molecule has 2 aliphatic carbocycles. The van der Waals surface area contributed by atoms with Crippen LogP contribution in [0.15, 0.2) is 213 Å². The zero-order valence-electron chi connectivity index (χ0n) is 61.1. The number of morpholine rings is 1. The van der Waals surface area contributed by atoms with E-state index in [1.54, 1.807) is 24.8 Å². The number of anilines is 4. The first-order chi connectivity index (χ1) is 52.7. The van der Waals surface area contributed by atoms with Crippen molar-refractivity contribution < 1.29 is 22.8 Å². The summed E-state index contributed by atoms with van der Waals surface area (Å²) in [6.45, 7) is 18.3. The van der Waals surface area contributed by atoms with Gasteiger partial charge in [0, 0.05) is 98.9 Å². The van der Waals surface area contributed by atoms with Crippen LogP contribution < -0.4 is 21.3 Å². The van der Waals surface area contributed by atoms with E-state index in [1.807, 2.05) is 173 Å². The van der Waals surface area contributed by atoms with Gasteiger partial charge in [-0.05, 0) is 121 Å². The Morgan fingerprint density at radius 1 is 0.364 bits per heavy atom. The Morgan fingerprint density at radius 2 is 0.701 bits per heavy atom. The molecule has 4 N–H and O–H groups in total. The number of nitrogens with zero attached hydrogens (tertiary/aromatic N) is 14. The molecule has 546 valence electrons. The Kier molecular flexibility index (Phi) is 24.2. The van der Waals surface area contributed by atoms with Crippen LogP contribution in [0.25, 0.3) is 90.3 Å². The summed E-state index contributed by atoms with van der Waals surface area (Å²) in [5.41, 5.74) is 17.0. The highest BCUT2D eigenvalue weighted by atomic mass is 16.5. The molecule has 17 rings (SSSR count). The molecule has 10 heterocycles. The maximum atomic E-state index is 5.62. The number of aromatic nitrogens is 12. The quantitative estimate of drug-likeness (QED) is 0.0520. The molecule has 0 radical (unpaired) electrons. The SMILES string of the molecule is Cc1noc(-c2ccccc2)c1-c1ccnc(NC2Cc3ccccc3C2)n1.Cc1noc(-c2ccccc2)c1-c1ccnc(NCC2CCCCC2)n1.Cc1noc(-c2ccccc2)c1-c1ccnc(NCCN2CCCC2)n1.Cc1noc(-c2ccccc2)c1-c1ccnc(NCCN2CCOCC2)n1. The van der Waals surface area contributed by atoms with Gasteiger partial charge in [0.15, 0.2) is 23.0 Å². The second kappa shape index (κ2) is 35.9. The third-order valence-electron chi connectivity index (χ3n) is 19.6. The van der Waals surface area contributed by atoms with Gasteiger partial charge in [-0.3, -0.25) is 4.90 Å². The van der Waals surface area contributed by atoms with E-state index in [2.05, 4.69) is 106 Å². The molecule has 2 aliphatic heterocycles. The number of rotatable bonds is 21. The van der Waals surface area contributed by atoms with E-state index in [4.69, 9.17) is 32.8 Å². The second-order valence-corrected chi connectivity index (χ2v) is 27.2. The highest BCUT2D eigenvalue weighted by Gasteiger charge is 2.26. The van der Waals surface area contributed by atoms with Crippen molar-refractivity contribution in [1.82, 2.24) is 70.3 Å². The summed E-state index contributed by atoms with van der Waals surface area (Å²) < 4.78 is 27.8. The molecule has 1 saturated carbocycles. The topological polar surface area (TPSA) is 271 Å². The zero-order chi connectivity index (χ0) is 72.9. The Bertz CT molecular complexity index is 4910. The highest BCUT2D eigenvalue weighted by Crippen LogP contribution is 2.39. The second-order valence-electron chi connectivity index (χ2n) is 27.2. The van der Waals surface area contributed by atoms with Gasteiger partial charge in [0.2, 0.25) is 23.8 Å². The summed E-state index contributed by atoms with van der Waals surface area (Å²) in [5, 5.41) is 30.2. The molecule has 13 aromatic rings. The lowest BCUT2D eigenvalue weighted by molar-refractivity contribution is 0.0398. The molecule has 0 unspecified atom stereocenters. The fourth-order valence-electron chi connectivity index (χ4n) is 14.1. The van der Waals surface area contributed by atoms with E-state index in [0.717, 1.165) is 191 Å². The minimum absolute atomic E-state index is 0.310. The molecule has 0 atom stereocenters. The predicted molar refractivity (Wildman–Crippen MR) is 417 cm³/mol. The minimum Gasteiger partial charge on any atom is -0.379 e. The number of ether oxygens (including phenoxy) is 1. The van der Waals surface area contributed by atoms with Gasteiger partial charge in [0.1, 0.15) is 0 Å². The maximum Gasteiger partial charge on any atom is 0.223 e. The standard InChI is InChI=1S/C23H20N4O.C21H24N4O.C20H23N5O2.C20H23N5O/c1-15-21(22(28-27-15)16-7-3-2-4-8-16)20-11-12-24-23(26-20)25-19-13-17-9-5-6-10-18(17)14-19;1-15-19(20(26-25-15)17-10-6-3-7-11-17)18-12-13-22-21(24-18)23-14-16-8-4-2-5-9-16;1-15-18(19(27-24-15)16-5-3-2-4-6-16)17-7-8-21-20(23-17)22-9-10-25-11-13-26-14-12-25;1-15-18(19(26-24-15)16-7-3-2-4-8-16)17-9-10-21-20(23-17)22-11-14-25-12-5-6-13-25/h2-12,19H,13-14H2,1H3,(H,24,25,26);3,6-7,10-13,16H,2,4-5,8-9,14H2,1H3,(H,22,23,24);2-8H,9-14H2,1H3,(H,21,22,23);2-4,7-10H,5-6,11-14H2,1H3,(H,21,22,23). The fraction of sp³-hybridized carbons (Fsp3) is 0.310. The lowest BCUT2D eigenvalue weighted by Gasteiger charge is -2.26. The molecule has 2 saturated heterocycles. The fourth-order valence-corrected chi connectivity index (χ4v) is 14.1. The van der Waals surface area contributed by atoms with Gasteiger partial charge in [-0.15, -0.1) is 0 Å². The smallest absolute Gasteiger partial charge is 0.223 e. The third-order valence-corrected chi connectivity index (χ3v) is 19.6. The van der Waals surface area contributed by atoms with Crippen LogP contribution in [0.3, 0.4) is 0 Å². The molecule has 5 aromatic carbocycles. The van der Waals surface area contributed by atoms with Crippen molar-refractivity contribution in [3.63, 3.8) is 0 Å². The first-order valence-electron chi connectivity index (χ1n) is 37.2. The number of aryl methyl sites for hydroxylation is 4. The molecular formula is C84H90N18O5. The molecule has 0 amide bonds. The lowest BCUT2D eigenvalue weighted by atomic mass is 9.89. The number of likely N-dealkylation sites (tertiary alicyclic amines) is 1. The van der Waals surface area contributed by atoms with Crippen molar-refractivity contribution in [1.29, 1.82) is 0 Å². The number of benzene rings is 5. The summed E-state index contributed by atoms with van der Waals surface area (Å²) in [5.74, 6) is 6.24. The number of nitrogens with one attached hydrogen (secondary N) is 4. The van der Waals surface area contributed by atoms with E-state index < -0.39 is 0 Å². The molecule has 4 aliphatic rings. The molecule has 107 heavy (non-hydrogen) atoms. The summed E-state index contributed by atoms with van der Waals surface area (Å²) in [4.78, 5) is 41.2. The summed E-state index contributed by atoms with van der Waals surface area (Å²) in [6.07, 6.45) is 18.4. The van der Waals surface area contributed by atoms with Gasteiger partial charge in [0.25, 0.3) is 0 Å². The molecule has 8 aromatic heterocycles. The zero-order valence-corrected chi connectivity index (χ0v) is 61.1. The van der Waals surface area contributed by atoms with Crippen LogP contribution in [-0.4, -0.2) is 148 Å². The normalized spacial score (nSPS) is 14.5. The molecule has 23 heteroatoms. The molecule has 0 spiro atoms. The molecular weight excluding hydrogens is 1340 g/mol. The number of hydrogen-bond acceptors (Lipinski definition) is 23. The Balaban J connectivity index is 0.000000120. The van der Waals surface area contributed by atoms with Crippen molar-refractivity contribution in [3.05, 3.63) is 229 Å². The van der Waals surface area contributed by atoms with Crippen molar-refractivity contribution in [2.45, 2.75) is 91.5 Å². The Labute approximate surface area is 623 Å². The van der Waals surface area contributed by atoms with Crippen LogP contribution >= 0.6 is 0 Å². The van der Waals surface area contributed by atoms with E-state index >= 15 is 0 Å². The van der Waals surface area contributed by atoms with Crippen molar-refractivity contribution in [2.24, 2.45) is 5.92 Å². The van der Waals surface area contributed by atoms with Gasteiger partial charge in [-0.1, -0.05) is 185 Å². The van der Waals surface area contributed by atoms with Crippen molar-refractivity contribution in [3.8, 4) is 90.3 Å².